The maximum Gasteiger partial charge on any atom is 0.115 e. The summed E-state index contributed by atoms with van der Waals surface area (Å²) in [6, 6.07) is 8.09. The first-order valence-corrected chi connectivity index (χ1v) is 6.09. The van der Waals surface area contributed by atoms with Crippen LogP contribution in [0.15, 0.2) is 24.3 Å². The summed E-state index contributed by atoms with van der Waals surface area (Å²) in [7, 11) is 0. The Kier molecular flexibility index (Phi) is 3.32. The molecular weight excluding hydrogens is 194 g/mol. The van der Waals surface area contributed by atoms with Crippen molar-refractivity contribution in [3.63, 3.8) is 0 Å². The molecule has 1 aromatic rings. The molecule has 14 heavy (non-hydrogen) atoms. The molecular formula is C11H15NOS. The van der Waals surface area contributed by atoms with Crippen molar-refractivity contribution in [1.29, 1.82) is 0 Å². The van der Waals surface area contributed by atoms with E-state index >= 15 is 0 Å². The summed E-state index contributed by atoms with van der Waals surface area (Å²) in [5.74, 6) is 2.85. The fourth-order valence-corrected chi connectivity index (χ4v) is 2.81. The van der Waals surface area contributed by atoms with Crippen molar-refractivity contribution in [3.05, 3.63) is 29.8 Å². The number of nitrogens with one attached hydrogen (secondary N) is 1. The molecule has 3 heteroatoms. The van der Waals surface area contributed by atoms with E-state index < -0.39 is 0 Å². The number of thioether (sulfide) groups is 1. The third-order valence-corrected chi connectivity index (χ3v) is 3.60. The summed E-state index contributed by atoms with van der Waals surface area (Å²) in [6.07, 6.45) is 1.27. The lowest BCUT2D eigenvalue weighted by atomic mass is 10.2. The fourth-order valence-electron chi connectivity index (χ4n) is 1.62. The number of rotatable bonds is 3. The Morgan fingerprint density at radius 2 is 2.43 bits per heavy atom. The molecule has 0 bridgehead atoms. The minimum absolute atomic E-state index is 0.352. The minimum atomic E-state index is 0.352. The molecule has 76 valence electrons. The van der Waals surface area contributed by atoms with Gasteiger partial charge in [0.1, 0.15) is 5.75 Å². The van der Waals surface area contributed by atoms with Gasteiger partial charge in [0.25, 0.3) is 0 Å². The molecule has 1 heterocycles. The number of phenols is 1. The first kappa shape index (κ1) is 9.87. The third kappa shape index (κ3) is 2.66. The van der Waals surface area contributed by atoms with Gasteiger partial charge < -0.3 is 10.4 Å². The summed E-state index contributed by atoms with van der Waals surface area (Å²) in [6.45, 7) is 0.861. The van der Waals surface area contributed by atoms with Crippen molar-refractivity contribution in [3.8, 4) is 5.75 Å². The zero-order valence-corrected chi connectivity index (χ0v) is 8.89. The highest BCUT2D eigenvalue weighted by atomic mass is 32.2. The molecule has 1 atom stereocenters. The minimum Gasteiger partial charge on any atom is -0.508 e. The van der Waals surface area contributed by atoms with Gasteiger partial charge in [-0.3, -0.25) is 0 Å². The smallest absolute Gasteiger partial charge is 0.115 e. The SMILES string of the molecule is Oc1cccc(CNC2CCSC2)c1. The molecule has 1 fully saturated rings. The molecule has 0 spiro atoms. The van der Waals surface area contributed by atoms with Crippen LogP contribution in [0.3, 0.4) is 0 Å². The van der Waals surface area contributed by atoms with Crippen LogP contribution in [0, 0.1) is 0 Å². The largest absolute Gasteiger partial charge is 0.508 e. The van der Waals surface area contributed by atoms with Crippen molar-refractivity contribution in [1.82, 2.24) is 5.32 Å². The Balaban J connectivity index is 1.85. The van der Waals surface area contributed by atoms with Crippen molar-refractivity contribution in [2.45, 2.75) is 19.0 Å². The maximum absolute atomic E-state index is 9.27. The lowest BCUT2D eigenvalue weighted by molar-refractivity contribution is 0.473. The van der Waals surface area contributed by atoms with E-state index in [0.717, 1.165) is 12.1 Å². The molecule has 1 saturated heterocycles. The van der Waals surface area contributed by atoms with E-state index in [4.69, 9.17) is 0 Å². The van der Waals surface area contributed by atoms with Gasteiger partial charge in [-0.15, -0.1) is 0 Å². The number of phenolic OH excluding ortho intramolecular Hbond substituents is 1. The summed E-state index contributed by atoms with van der Waals surface area (Å²) in [5.41, 5.74) is 1.15. The van der Waals surface area contributed by atoms with Gasteiger partial charge in [-0.1, -0.05) is 12.1 Å². The van der Waals surface area contributed by atoms with Crippen LogP contribution < -0.4 is 5.32 Å². The van der Waals surface area contributed by atoms with Crippen molar-refractivity contribution >= 4 is 11.8 Å². The first-order valence-electron chi connectivity index (χ1n) is 4.93. The molecule has 1 aliphatic rings. The Morgan fingerprint density at radius 3 is 3.14 bits per heavy atom. The Bertz CT molecular complexity index is 297. The Hall–Kier alpha value is -0.670. The van der Waals surface area contributed by atoms with E-state index in [1.165, 1.54) is 17.9 Å². The zero-order chi connectivity index (χ0) is 9.80. The van der Waals surface area contributed by atoms with Gasteiger partial charge >= 0.3 is 0 Å². The van der Waals surface area contributed by atoms with Crippen LogP contribution in [0.25, 0.3) is 0 Å². The lowest BCUT2D eigenvalue weighted by Gasteiger charge is -2.10. The first-order chi connectivity index (χ1) is 6.84. The molecule has 1 aliphatic heterocycles. The van der Waals surface area contributed by atoms with E-state index in [2.05, 4.69) is 5.32 Å². The molecule has 2 rings (SSSR count). The average molecular weight is 209 g/mol. The molecule has 0 radical (unpaired) electrons. The maximum atomic E-state index is 9.27. The van der Waals surface area contributed by atoms with Crippen molar-refractivity contribution in [2.24, 2.45) is 0 Å². The lowest BCUT2D eigenvalue weighted by Crippen LogP contribution is -2.27. The number of benzene rings is 1. The van der Waals surface area contributed by atoms with Crippen LogP contribution in [-0.4, -0.2) is 22.7 Å². The topological polar surface area (TPSA) is 32.3 Å². The van der Waals surface area contributed by atoms with E-state index in [1.807, 2.05) is 30.0 Å². The molecule has 0 aliphatic carbocycles. The summed E-state index contributed by atoms with van der Waals surface area (Å²) in [5, 5.41) is 12.8. The van der Waals surface area contributed by atoms with Crippen molar-refractivity contribution in [2.75, 3.05) is 11.5 Å². The second kappa shape index (κ2) is 4.71. The van der Waals surface area contributed by atoms with Gasteiger partial charge in [-0.2, -0.15) is 11.8 Å². The number of hydrogen-bond donors (Lipinski definition) is 2. The molecule has 1 unspecified atom stereocenters. The van der Waals surface area contributed by atoms with E-state index in [1.54, 1.807) is 6.07 Å². The third-order valence-electron chi connectivity index (χ3n) is 2.44. The molecule has 0 aromatic heterocycles. The number of aromatic hydroxyl groups is 1. The summed E-state index contributed by atoms with van der Waals surface area (Å²) in [4.78, 5) is 0. The second-order valence-electron chi connectivity index (χ2n) is 3.61. The molecule has 0 amide bonds. The number of hydrogen-bond acceptors (Lipinski definition) is 3. The highest BCUT2D eigenvalue weighted by molar-refractivity contribution is 7.99. The summed E-state index contributed by atoms with van der Waals surface area (Å²) >= 11 is 2.01. The Morgan fingerprint density at radius 1 is 1.50 bits per heavy atom. The second-order valence-corrected chi connectivity index (χ2v) is 4.76. The predicted octanol–water partition coefficient (Wildman–Crippen LogP) is 1.99. The molecule has 2 N–H and O–H groups in total. The molecule has 0 saturated carbocycles. The quantitative estimate of drug-likeness (QED) is 0.798. The van der Waals surface area contributed by atoms with Crippen LogP contribution in [0.1, 0.15) is 12.0 Å². The van der Waals surface area contributed by atoms with Gasteiger partial charge in [-0.05, 0) is 29.9 Å². The highest BCUT2D eigenvalue weighted by Crippen LogP contribution is 2.18. The normalized spacial score (nSPS) is 21.3. The van der Waals surface area contributed by atoms with E-state index in [0.29, 0.717) is 11.8 Å². The van der Waals surface area contributed by atoms with Crippen LogP contribution in [0.2, 0.25) is 0 Å². The van der Waals surface area contributed by atoms with Crippen LogP contribution >= 0.6 is 11.8 Å². The van der Waals surface area contributed by atoms with Crippen molar-refractivity contribution < 1.29 is 5.11 Å². The van der Waals surface area contributed by atoms with Gasteiger partial charge in [0, 0.05) is 18.3 Å². The molecule has 1 aromatic carbocycles. The zero-order valence-electron chi connectivity index (χ0n) is 8.07. The van der Waals surface area contributed by atoms with Crippen LogP contribution in [0.5, 0.6) is 5.75 Å². The van der Waals surface area contributed by atoms with E-state index in [9.17, 15) is 5.11 Å². The van der Waals surface area contributed by atoms with Gasteiger partial charge in [0.05, 0.1) is 0 Å². The predicted molar refractivity (Wildman–Crippen MR) is 60.7 cm³/mol. The van der Waals surface area contributed by atoms with E-state index in [-0.39, 0.29) is 0 Å². The average Bonchev–Trinajstić information content (AvgIpc) is 2.67. The molecule has 2 nitrogen and oxygen atoms in total. The Labute approximate surface area is 88.7 Å². The van der Waals surface area contributed by atoms with Gasteiger partial charge in [-0.25, -0.2) is 0 Å². The van der Waals surface area contributed by atoms with Gasteiger partial charge in [0.2, 0.25) is 0 Å². The fraction of sp³-hybridized carbons (Fsp3) is 0.455. The van der Waals surface area contributed by atoms with Gasteiger partial charge in [0.15, 0.2) is 0 Å². The van der Waals surface area contributed by atoms with Crippen LogP contribution in [0.4, 0.5) is 0 Å². The van der Waals surface area contributed by atoms with Crippen LogP contribution in [-0.2, 0) is 6.54 Å². The monoisotopic (exact) mass is 209 g/mol. The highest BCUT2D eigenvalue weighted by Gasteiger charge is 2.13. The standard InChI is InChI=1S/C11H15NOS/c13-11-3-1-2-9(6-11)7-12-10-4-5-14-8-10/h1-3,6,10,12-13H,4-5,7-8H2. The summed E-state index contributed by atoms with van der Waals surface area (Å²) < 4.78 is 0.